The van der Waals surface area contributed by atoms with Crippen molar-refractivity contribution in [2.24, 2.45) is 0 Å². The molecule has 0 spiro atoms. The zero-order chi connectivity index (χ0) is 13.7. The third-order valence-electron chi connectivity index (χ3n) is 2.87. The van der Waals surface area contributed by atoms with Crippen LogP contribution in [-0.2, 0) is 4.79 Å². The number of aliphatic hydroxyl groups is 1. The summed E-state index contributed by atoms with van der Waals surface area (Å²) in [6.07, 6.45) is 0. The van der Waals surface area contributed by atoms with E-state index < -0.39 is 0 Å². The Bertz CT molecular complexity index is 423. The Balaban J connectivity index is 2.59. The third-order valence-corrected chi connectivity index (χ3v) is 3.54. The topological polar surface area (TPSA) is 52.6 Å². The molecule has 0 saturated heterocycles. The minimum atomic E-state index is -0.0675. The third kappa shape index (κ3) is 4.55. The quantitative estimate of drug-likeness (QED) is 0.787. The summed E-state index contributed by atoms with van der Waals surface area (Å²) in [5.74, 6) is -0.0675. The smallest absolute Gasteiger partial charge is 0.238 e. The fraction of sp³-hybridized carbons (Fsp3) is 0.462. The van der Waals surface area contributed by atoms with E-state index in [1.807, 2.05) is 44.0 Å². The number of benzene rings is 1. The second kappa shape index (κ2) is 7.06. The maximum Gasteiger partial charge on any atom is 0.238 e. The Morgan fingerprint density at radius 3 is 2.78 bits per heavy atom. The van der Waals surface area contributed by atoms with Crippen LogP contribution in [-0.4, -0.2) is 42.2 Å². The number of anilines is 1. The van der Waals surface area contributed by atoms with E-state index in [1.54, 1.807) is 0 Å². The molecule has 1 aromatic rings. The Labute approximate surface area is 122 Å². The summed E-state index contributed by atoms with van der Waals surface area (Å²) >= 11 is 2.24. The van der Waals surface area contributed by atoms with Crippen LogP contribution in [0.15, 0.2) is 18.2 Å². The average Bonchev–Trinajstić information content (AvgIpc) is 2.31. The van der Waals surface area contributed by atoms with E-state index in [0.29, 0.717) is 0 Å². The highest BCUT2D eigenvalue weighted by Gasteiger charge is 2.12. The number of nitrogens with one attached hydrogen (secondary N) is 1. The van der Waals surface area contributed by atoms with Crippen molar-refractivity contribution < 1.29 is 9.90 Å². The van der Waals surface area contributed by atoms with Gasteiger partial charge in [0.2, 0.25) is 5.91 Å². The van der Waals surface area contributed by atoms with Crippen LogP contribution in [0.5, 0.6) is 0 Å². The standard InChI is InChI=1S/C13H19IN2O2/c1-9-6-11(14)4-5-12(9)15-13(18)7-16(3)10(2)8-17/h4-6,10,17H,7-8H2,1-3H3,(H,15,18). The van der Waals surface area contributed by atoms with Crippen LogP contribution in [0.3, 0.4) is 0 Å². The molecule has 1 atom stereocenters. The first-order valence-corrected chi connectivity index (χ1v) is 6.89. The molecule has 0 saturated carbocycles. The van der Waals surface area contributed by atoms with Gasteiger partial charge in [0, 0.05) is 15.3 Å². The number of rotatable bonds is 5. The highest BCUT2D eigenvalue weighted by atomic mass is 127. The highest BCUT2D eigenvalue weighted by Crippen LogP contribution is 2.17. The molecule has 0 heterocycles. The van der Waals surface area contributed by atoms with Crippen molar-refractivity contribution in [3.05, 3.63) is 27.3 Å². The first-order valence-electron chi connectivity index (χ1n) is 5.81. The van der Waals surface area contributed by atoms with E-state index >= 15 is 0 Å². The van der Waals surface area contributed by atoms with Crippen LogP contribution in [0.4, 0.5) is 5.69 Å². The number of hydrogen-bond acceptors (Lipinski definition) is 3. The fourth-order valence-corrected chi connectivity index (χ4v) is 2.13. The van der Waals surface area contributed by atoms with Crippen molar-refractivity contribution in [2.75, 3.05) is 25.5 Å². The van der Waals surface area contributed by atoms with Crippen LogP contribution < -0.4 is 5.32 Å². The molecular weight excluding hydrogens is 343 g/mol. The molecule has 1 rings (SSSR count). The maximum atomic E-state index is 11.8. The van der Waals surface area contributed by atoms with E-state index in [-0.39, 0.29) is 25.1 Å². The van der Waals surface area contributed by atoms with Crippen LogP contribution in [0.2, 0.25) is 0 Å². The monoisotopic (exact) mass is 362 g/mol. The highest BCUT2D eigenvalue weighted by molar-refractivity contribution is 14.1. The average molecular weight is 362 g/mol. The van der Waals surface area contributed by atoms with Crippen LogP contribution in [0.1, 0.15) is 12.5 Å². The van der Waals surface area contributed by atoms with Gasteiger partial charge in [0.15, 0.2) is 0 Å². The van der Waals surface area contributed by atoms with Gasteiger partial charge < -0.3 is 10.4 Å². The summed E-state index contributed by atoms with van der Waals surface area (Å²) in [4.78, 5) is 13.7. The number of carbonyl (C=O) groups is 1. The van der Waals surface area contributed by atoms with Gasteiger partial charge in [-0.25, -0.2) is 0 Å². The van der Waals surface area contributed by atoms with E-state index in [1.165, 1.54) is 0 Å². The molecule has 4 nitrogen and oxygen atoms in total. The summed E-state index contributed by atoms with van der Waals surface area (Å²) in [7, 11) is 1.82. The van der Waals surface area contributed by atoms with Crippen molar-refractivity contribution in [2.45, 2.75) is 19.9 Å². The van der Waals surface area contributed by atoms with Gasteiger partial charge in [0.1, 0.15) is 0 Å². The maximum absolute atomic E-state index is 11.8. The molecule has 5 heteroatoms. The summed E-state index contributed by atoms with van der Waals surface area (Å²) in [5.41, 5.74) is 1.89. The number of likely N-dealkylation sites (N-methyl/N-ethyl adjacent to an activating group) is 1. The van der Waals surface area contributed by atoms with Gasteiger partial charge in [-0.05, 0) is 67.2 Å². The molecule has 0 fully saturated rings. The Morgan fingerprint density at radius 1 is 1.56 bits per heavy atom. The number of hydrogen-bond donors (Lipinski definition) is 2. The lowest BCUT2D eigenvalue weighted by Gasteiger charge is -2.22. The molecule has 0 aliphatic rings. The van der Waals surface area contributed by atoms with Crippen LogP contribution in [0.25, 0.3) is 0 Å². The molecule has 2 N–H and O–H groups in total. The SMILES string of the molecule is Cc1cc(I)ccc1NC(=O)CN(C)C(C)CO. The van der Waals surface area contributed by atoms with Crippen molar-refractivity contribution in [1.82, 2.24) is 4.90 Å². The van der Waals surface area contributed by atoms with Crippen molar-refractivity contribution in [1.29, 1.82) is 0 Å². The zero-order valence-corrected chi connectivity index (χ0v) is 13.1. The lowest BCUT2D eigenvalue weighted by Crippen LogP contribution is -2.38. The van der Waals surface area contributed by atoms with Crippen molar-refractivity contribution in [3.8, 4) is 0 Å². The summed E-state index contributed by atoms with van der Waals surface area (Å²) in [5, 5.41) is 11.9. The molecular formula is C13H19IN2O2. The normalized spacial score (nSPS) is 12.6. The number of aliphatic hydroxyl groups excluding tert-OH is 1. The molecule has 1 unspecified atom stereocenters. The van der Waals surface area contributed by atoms with Gasteiger partial charge in [-0.15, -0.1) is 0 Å². The molecule has 0 radical (unpaired) electrons. The number of nitrogens with zero attached hydrogens (tertiary/aromatic N) is 1. The predicted octanol–water partition coefficient (Wildman–Crippen LogP) is 1.85. The number of halogens is 1. The largest absolute Gasteiger partial charge is 0.395 e. The molecule has 0 bridgehead atoms. The second-order valence-corrected chi connectivity index (χ2v) is 5.70. The Kier molecular flexibility index (Phi) is 6.04. The van der Waals surface area contributed by atoms with Gasteiger partial charge in [0.25, 0.3) is 0 Å². The number of carbonyl (C=O) groups excluding carboxylic acids is 1. The van der Waals surface area contributed by atoms with Crippen molar-refractivity contribution in [3.63, 3.8) is 0 Å². The number of aryl methyl sites for hydroxylation is 1. The zero-order valence-electron chi connectivity index (χ0n) is 10.9. The molecule has 1 aromatic carbocycles. The first-order chi connectivity index (χ1) is 8.43. The number of amides is 1. The lowest BCUT2D eigenvalue weighted by atomic mass is 10.2. The van der Waals surface area contributed by atoms with Gasteiger partial charge in [-0.3, -0.25) is 9.69 Å². The summed E-state index contributed by atoms with van der Waals surface area (Å²) in [6.45, 7) is 4.17. The van der Waals surface area contributed by atoms with Gasteiger partial charge >= 0.3 is 0 Å². The van der Waals surface area contributed by atoms with Crippen molar-refractivity contribution >= 4 is 34.2 Å². The van der Waals surface area contributed by atoms with E-state index in [9.17, 15) is 4.79 Å². The Morgan fingerprint density at radius 2 is 2.22 bits per heavy atom. The lowest BCUT2D eigenvalue weighted by molar-refractivity contribution is -0.117. The fourth-order valence-electron chi connectivity index (χ4n) is 1.48. The van der Waals surface area contributed by atoms with Gasteiger partial charge in [0.05, 0.1) is 13.2 Å². The summed E-state index contributed by atoms with van der Waals surface area (Å²) < 4.78 is 1.15. The van der Waals surface area contributed by atoms with E-state index in [0.717, 1.165) is 14.8 Å². The molecule has 0 aromatic heterocycles. The minimum absolute atomic E-state index is 0.0198. The van der Waals surface area contributed by atoms with Crippen LogP contribution in [0, 0.1) is 10.5 Å². The summed E-state index contributed by atoms with van der Waals surface area (Å²) in [6, 6.07) is 5.87. The minimum Gasteiger partial charge on any atom is -0.395 e. The molecule has 18 heavy (non-hydrogen) atoms. The van der Waals surface area contributed by atoms with Gasteiger partial charge in [-0.1, -0.05) is 0 Å². The molecule has 0 aliphatic carbocycles. The predicted molar refractivity (Wildman–Crippen MR) is 81.7 cm³/mol. The first kappa shape index (κ1) is 15.4. The van der Waals surface area contributed by atoms with E-state index in [4.69, 9.17) is 5.11 Å². The van der Waals surface area contributed by atoms with Crippen LogP contribution >= 0.6 is 22.6 Å². The molecule has 0 aliphatic heterocycles. The molecule has 1 amide bonds. The van der Waals surface area contributed by atoms with Gasteiger partial charge in [-0.2, -0.15) is 0 Å². The second-order valence-electron chi connectivity index (χ2n) is 4.45. The molecule has 100 valence electrons. The Hall–Kier alpha value is -0.660. The van der Waals surface area contributed by atoms with E-state index in [2.05, 4.69) is 27.9 Å².